The lowest BCUT2D eigenvalue weighted by Crippen LogP contribution is -2.13. The molecule has 1 aliphatic rings. The van der Waals surface area contributed by atoms with Crippen molar-refractivity contribution in [1.29, 1.82) is 0 Å². The number of ether oxygens (including phenoxy) is 1. The molecule has 2 rings (SSSR count). The third-order valence-electron chi connectivity index (χ3n) is 3.05. The molecular weight excluding hydrogens is 222 g/mol. The molecule has 0 spiro atoms. The third-order valence-corrected chi connectivity index (χ3v) is 4.24. The molecule has 3 N–H and O–H groups in total. The molecule has 1 aromatic carbocycles. The lowest BCUT2D eigenvalue weighted by Gasteiger charge is -2.20. The fourth-order valence-corrected chi connectivity index (χ4v) is 3.34. The highest BCUT2D eigenvalue weighted by atomic mass is 32.2. The van der Waals surface area contributed by atoms with Crippen molar-refractivity contribution in [1.82, 2.24) is 0 Å². The minimum atomic E-state index is -0.468. The zero-order valence-corrected chi connectivity index (χ0v) is 10.2. The summed E-state index contributed by atoms with van der Waals surface area (Å²) in [6, 6.07) is 5.57. The van der Waals surface area contributed by atoms with E-state index in [0.717, 1.165) is 23.5 Å². The van der Waals surface area contributed by atoms with Crippen molar-refractivity contribution in [3.63, 3.8) is 0 Å². The van der Waals surface area contributed by atoms with Crippen LogP contribution in [0.4, 0.5) is 5.69 Å². The Morgan fingerprint density at radius 2 is 2.38 bits per heavy atom. The molecule has 0 aromatic heterocycles. The van der Waals surface area contributed by atoms with Gasteiger partial charge in [0.15, 0.2) is 0 Å². The van der Waals surface area contributed by atoms with Crippen LogP contribution in [-0.2, 0) is 0 Å². The van der Waals surface area contributed by atoms with E-state index in [9.17, 15) is 5.11 Å². The number of hydrogen-bond donors (Lipinski definition) is 2. The second-order valence-electron chi connectivity index (χ2n) is 4.03. The first-order valence-electron chi connectivity index (χ1n) is 5.42. The van der Waals surface area contributed by atoms with E-state index in [1.54, 1.807) is 7.11 Å². The van der Waals surface area contributed by atoms with Gasteiger partial charge < -0.3 is 15.6 Å². The smallest absolute Gasteiger partial charge is 0.142 e. The topological polar surface area (TPSA) is 55.5 Å². The molecule has 0 radical (unpaired) electrons. The number of para-hydroxylation sites is 1. The van der Waals surface area contributed by atoms with Gasteiger partial charge >= 0.3 is 0 Å². The molecule has 1 aliphatic heterocycles. The van der Waals surface area contributed by atoms with E-state index in [4.69, 9.17) is 10.5 Å². The van der Waals surface area contributed by atoms with Crippen LogP contribution in [0.1, 0.15) is 18.1 Å². The van der Waals surface area contributed by atoms with E-state index < -0.39 is 6.10 Å². The van der Waals surface area contributed by atoms with E-state index in [1.165, 1.54) is 0 Å². The summed E-state index contributed by atoms with van der Waals surface area (Å²) < 4.78 is 5.16. The summed E-state index contributed by atoms with van der Waals surface area (Å²) in [5, 5.41) is 10.3. The van der Waals surface area contributed by atoms with Gasteiger partial charge in [-0.05, 0) is 29.9 Å². The number of nitrogens with two attached hydrogens (primary N) is 1. The summed E-state index contributed by atoms with van der Waals surface area (Å²) >= 11 is 1.89. The molecule has 4 heteroatoms. The fraction of sp³-hybridized carbons (Fsp3) is 0.500. The Labute approximate surface area is 100.0 Å². The molecule has 1 aromatic rings. The van der Waals surface area contributed by atoms with Gasteiger partial charge in [0.1, 0.15) is 5.75 Å². The summed E-state index contributed by atoms with van der Waals surface area (Å²) in [6.07, 6.45) is 0.591. The second-order valence-corrected chi connectivity index (χ2v) is 5.18. The summed E-state index contributed by atoms with van der Waals surface area (Å²) in [5.41, 5.74) is 7.33. The summed E-state index contributed by atoms with van der Waals surface area (Å²) in [4.78, 5) is 0. The van der Waals surface area contributed by atoms with Crippen LogP contribution in [0.2, 0.25) is 0 Å². The van der Waals surface area contributed by atoms with Gasteiger partial charge in [0.2, 0.25) is 0 Å². The van der Waals surface area contributed by atoms with Gasteiger partial charge in [0.05, 0.1) is 18.9 Å². The number of thioether (sulfide) groups is 1. The number of methoxy groups -OCH3 is 1. The number of benzene rings is 1. The lowest BCUT2D eigenvalue weighted by molar-refractivity contribution is 0.122. The molecule has 1 saturated heterocycles. The number of anilines is 1. The van der Waals surface area contributed by atoms with Crippen LogP contribution in [0.5, 0.6) is 5.75 Å². The maximum atomic E-state index is 10.3. The Morgan fingerprint density at radius 3 is 3.00 bits per heavy atom. The molecule has 2 unspecified atom stereocenters. The largest absolute Gasteiger partial charge is 0.495 e. The van der Waals surface area contributed by atoms with Crippen LogP contribution in [0.3, 0.4) is 0 Å². The molecule has 88 valence electrons. The summed E-state index contributed by atoms with van der Waals surface area (Å²) in [5.74, 6) is 3.10. The standard InChI is InChI=1S/C12H17NO2S/c1-15-10-4-2-3-9(11(10)13)12(14)8-5-6-16-7-8/h2-4,8,12,14H,5-7,13H2,1H3. The number of rotatable bonds is 3. The zero-order chi connectivity index (χ0) is 11.5. The van der Waals surface area contributed by atoms with Crippen molar-refractivity contribution >= 4 is 17.4 Å². The van der Waals surface area contributed by atoms with Gasteiger partial charge in [0, 0.05) is 5.56 Å². The van der Waals surface area contributed by atoms with Crippen molar-refractivity contribution in [2.75, 3.05) is 24.3 Å². The Balaban J connectivity index is 2.25. The highest BCUT2D eigenvalue weighted by Crippen LogP contribution is 2.38. The van der Waals surface area contributed by atoms with E-state index in [-0.39, 0.29) is 0 Å². The van der Waals surface area contributed by atoms with E-state index in [1.807, 2.05) is 30.0 Å². The van der Waals surface area contributed by atoms with Crippen LogP contribution < -0.4 is 10.5 Å². The maximum Gasteiger partial charge on any atom is 0.142 e. The van der Waals surface area contributed by atoms with E-state index >= 15 is 0 Å². The number of aliphatic hydroxyl groups excluding tert-OH is 1. The molecule has 2 atom stereocenters. The molecule has 3 nitrogen and oxygen atoms in total. The van der Waals surface area contributed by atoms with E-state index in [2.05, 4.69) is 0 Å². The Kier molecular flexibility index (Phi) is 3.61. The van der Waals surface area contributed by atoms with Crippen LogP contribution >= 0.6 is 11.8 Å². The number of aliphatic hydroxyl groups is 1. The molecule has 16 heavy (non-hydrogen) atoms. The van der Waals surface area contributed by atoms with Gasteiger partial charge in [-0.2, -0.15) is 11.8 Å². The Bertz CT molecular complexity index is 364. The van der Waals surface area contributed by atoms with Gasteiger partial charge in [-0.3, -0.25) is 0 Å². The van der Waals surface area contributed by atoms with Gasteiger partial charge in [0.25, 0.3) is 0 Å². The lowest BCUT2D eigenvalue weighted by atomic mass is 9.94. The third kappa shape index (κ3) is 2.13. The highest BCUT2D eigenvalue weighted by Gasteiger charge is 2.26. The van der Waals surface area contributed by atoms with Crippen LogP contribution in [-0.4, -0.2) is 23.7 Å². The van der Waals surface area contributed by atoms with Crippen LogP contribution in [0.15, 0.2) is 18.2 Å². The molecule has 1 fully saturated rings. The minimum Gasteiger partial charge on any atom is -0.495 e. The summed E-state index contributed by atoms with van der Waals surface area (Å²) in [6.45, 7) is 0. The molecule has 0 amide bonds. The highest BCUT2D eigenvalue weighted by molar-refractivity contribution is 7.99. The zero-order valence-electron chi connectivity index (χ0n) is 9.35. The van der Waals surface area contributed by atoms with Gasteiger partial charge in [-0.25, -0.2) is 0 Å². The SMILES string of the molecule is COc1cccc(C(O)C2CCSC2)c1N. The number of nitrogen functional groups attached to an aromatic ring is 1. The van der Waals surface area contributed by atoms with E-state index in [0.29, 0.717) is 17.4 Å². The van der Waals surface area contributed by atoms with Crippen molar-refractivity contribution in [3.8, 4) is 5.75 Å². The molecular formula is C12H17NO2S. The predicted octanol–water partition coefficient (Wildman–Crippen LogP) is 2.06. The van der Waals surface area contributed by atoms with Crippen molar-refractivity contribution in [2.24, 2.45) is 5.92 Å². The quantitative estimate of drug-likeness (QED) is 0.793. The predicted molar refractivity (Wildman–Crippen MR) is 67.8 cm³/mol. The second kappa shape index (κ2) is 4.97. The van der Waals surface area contributed by atoms with Gasteiger partial charge in [-0.1, -0.05) is 12.1 Å². The maximum absolute atomic E-state index is 10.3. The van der Waals surface area contributed by atoms with Crippen molar-refractivity contribution in [2.45, 2.75) is 12.5 Å². The summed E-state index contributed by atoms with van der Waals surface area (Å²) in [7, 11) is 1.59. The molecule has 0 bridgehead atoms. The monoisotopic (exact) mass is 239 g/mol. The first-order chi connectivity index (χ1) is 7.74. The first-order valence-corrected chi connectivity index (χ1v) is 6.57. The Hall–Kier alpha value is -0.870. The minimum absolute atomic E-state index is 0.319. The molecule has 0 saturated carbocycles. The number of hydrogen-bond acceptors (Lipinski definition) is 4. The fourth-order valence-electron chi connectivity index (χ4n) is 2.05. The van der Waals surface area contributed by atoms with Crippen molar-refractivity contribution in [3.05, 3.63) is 23.8 Å². The molecule has 1 heterocycles. The van der Waals surface area contributed by atoms with Crippen molar-refractivity contribution < 1.29 is 9.84 Å². The van der Waals surface area contributed by atoms with Gasteiger partial charge in [-0.15, -0.1) is 0 Å². The first kappa shape index (κ1) is 11.6. The van der Waals surface area contributed by atoms with Crippen LogP contribution in [0.25, 0.3) is 0 Å². The van der Waals surface area contributed by atoms with Crippen LogP contribution in [0, 0.1) is 5.92 Å². The average Bonchev–Trinajstić information content (AvgIpc) is 2.82. The molecule has 0 aliphatic carbocycles. The normalized spacial score (nSPS) is 22.0. The Morgan fingerprint density at radius 1 is 1.56 bits per heavy atom. The average molecular weight is 239 g/mol.